The van der Waals surface area contributed by atoms with Crippen LogP contribution < -0.4 is 10.1 Å². The monoisotopic (exact) mass is 277 g/mol. The van der Waals surface area contributed by atoms with Crippen LogP contribution in [0, 0.1) is 5.92 Å². The van der Waals surface area contributed by atoms with Crippen molar-refractivity contribution in [2.45, 2.75) is 40.5 Å². The molecule has 0 saturated heterocycles. The Morgan fingerprint density at radius 1 is 1.45 bits per heavy atom. The van der Waals surface area contributed by atoms with Crippen molar-refractivity contribution >= 4 is 0 Å². The molecule has 0 bridgehead atoms. The van der Waals surface area contributed by atoms with E-state index in [2.05, 4.69) is 24.3 Å². The third kappa shape index (κ3) is 4.42. The fourth-order valence-electron chi connectivity index (χ4n) is 1.85. The van der Waals surface area contributed by atoms with E-state index < -0.39 is 0 Å². The van der Waals surface area contributed by atoms with Gasteiger partial charge in [-0.3, -0.25) is 4.68 Å². The first-order valence-electron chi connectivity index (χ1n) is 7.09. The normalized spacial score (nSPS) is 11.2. The number of aromatic nitrogens is 2. The Labute approximate surface area is 119 Å². The molecule has 0 aliphatic heterocycles. The summed E-state index contributed by atoms with van der Waals surface area (Å²) in [5.41, 5.74) is 1.15. The Morgan fingerprint density at radius 2 is 2.30 bits per heavy atom. The molecule has 0 radical (unpaired) electrons. The van der Waals surface area contributed by atoms with Crippen molar-refractivity contribution in [3.05, 3.63) is 36.0 Å². The van der Waals surface area contributed by atoms with Crippen LogP contribution in [0.25, 0.3) is 0 Å². The summed E-state index contributed by atoms with van der Waals surface area (Å²) in [5, 5.41) is 7.55. The van der Waals surface area contributed by atoms with Gasteiger partial charge in [-0.2, -0.15) is 5.10 Å². The largest absolute Gasteiger partial charge is 0.482 e. The fraction of sp³-hybridized carbons (Fsp3) is 0.533. The molecule has 0 aliphatic rings. The van der Waals surface area contributed by atoms with E-state index in [0.717, 1.165) is 36.7 Å². The van der Waals surface area contributed by atoms with Crippen molar-refractivity contribution < 1.29 is 9.15 Å². The second-order valence-electron chi connectivity index (χ2n) is 5.27. The molecule has 0 spiro atoms. The molecular formula is C15H23N3O2. The zero-order chi connectivity index (χ0) is 14.4. The van der Waals surface area contributed by atoms with Crippen LogP contribution >= 0.6 is 0 Å². The number of nitrogens with zero attached hydrogens (tertiary/aromatic N) is 2. The van der Waals surface area contributed by atoms with Crippen LogP contribution in [0.4, 0.5) is 0 Å². The predicted molar refractivity (Wildman–Crippen MR) is 77.5 cm³/mol. The van der Waals surface area contributed by atoms with Crippen LogP contribution in [-0.4, -0.2) is 16.3 Å². The van der Waals surface area contributed by atoms with Gasteiger partial charge in [0.25, 0.3) is 0 Å². The second kappa shape index (κ2) is 7.14. The maximum atomic E-state index is 5.63. The molecule has 0 aromatic carbocycles. The summed E-state index contributed by atoms with van der Waals surface area (Å²) in [6.07, 6.45) is 5.38. The van der Waals surface area contributed by atoms with Gasteiger partial charge in [0, 0.05) is 18.7 Å². The van der Waals surface area contributed by atoms with Crippen molar-refractivity contribution in [1.29, 1.82) is 0 Å². The molecule has 2 heterocycles. The predicted octanol–water partition coefficient (Wildman–Crippen LogP) is 2.82. The van der Waals surface area contributed by atoms with Gasteiger partial charge in [-0.1, -0.05) is 13.8 Å². The SMILES string of the molecule is CCn1cc(OCc2cc(CNCC(C)C)co2)cn1. The van der Waals surface area contributed by atoms with Gasteiger partial charge in [-0.25, -0.2) is 0 Å². The summed E-state index contributed by atoms with van der Waals surface area (Å²) in [7, 11) is 0. The first-order valence-corrected chi connectivity index (χ1v) is 7.09. The topological polar surface area (TPSA) is 52.2 Å². The number of hydrogen-bond acceptors (Lipinski definition) is 4. The van der Waals surface area contributed by atoms with Crippen molar-refractivity contribution in [3.63, 3.8) is 0 Å². The third-order valence-corrected chi connectivity index (χ3v) is 2.90. The molecule has 0 saturated carbocycles. The van der Waals surface area contributed by atoms with E-state index in [9.17, 15) is 0 Å². The number of aryl methyl sites for hydroxylation is 1. The quantitative estimate of drug-likeness (QED) is 0.806. The van der Waals surface area contributed by atoms with Crippen LogP contribution in [0.15, 0.2) is 29.1 Å². The van der Waals surface area contributed by atoms with E-state index >= 15 is 0 Å². The number of hydrogen-bond donors (Lipinski definition) is 1. The Kier molecular flexibility index (Phi) is 5.24. The smallest absolute Gasteiger partial charge is 0.157 e. The van der Waals surface area contributed by atoms with Crippen LogP contribution in [0.3, 0.4) is 0 Å². The van der Waals surface area contributed by atoms with Gasteiger partial charge < -0.3 is 14.5 Å². The lowest BCUT2D eigenvalue weighted by Crippen LogP contribution is -2.18. The van der Waals surface area contributed by atoms with Gasteiger partial charge in [0.2, 0.25) is 0 Å². The van der Waals surface area contributed by atoms with Crippen LogP contribution in [0.5, 0.6) is 5.75 Å². The molecule has 5 nitrogen and oxygen atoms in total. The van der Waals surface area contributed by atoms with Gasteiger partial charge >= 0.3 is 0 Å². The summed E-state index contributed by atoms with van der Waals surface area (Å²) in [5.74, 6) is 2.25. The van der Waals surface area contributed by atoms with E-state index in [-0.39, 0.29) is 0 Å². The zero-order valence-corrected chi connectivity index (χ0v) is 12.4. The average molecular weight is 277 g/mol. The minimum absolute atomic E-state index is 0.430. The van der Waals surface area contributed by atoms with Gasteiger partial charge in [-0.15, -0.1) is 0 Å². The van der Waals surface area contributed by atoms with Crippen LogP contribution in [0.1, 0.15) is 32.1 Å². The van der Waals surface area contributed by atoms with Crippen molar-refractivity contribution in [2.75, 3.05) is 6.54 Å². The molecule has 0 unspecified atom stereocenters. The molecule has 0 atom stereocenters. The van der Waals surface area contributed by atoms with Crippen molar-refractivity contribution in [3.8, 4) is 5.75 Å². The van der Waals surface area contributed by atoms with E-state index in [4.69, 9.17) is 9.15 Å². The molecule has 5 heteroatoms. The van der Waals surface area contributed by atoms with Crippen LogP contribution in [-0.2, 0) is 19.7 Å². The van der Waals surface area contributed by atoms with Gasteiger partial charge in [0.15, 0.2) is 5.75 Å². The Hall–Kier alpha value is -1.75. The van der Waals surface area contributed by atoms with Crippen LogP contribution in [0.2, 0.25) is 0 Å². The highest BCUT2D eigenvalue weighted by atomic mass is 16.5. The number of rotatable bonds is 8. The van der Waals surface area contributed by atoms with E-state index in [1.807, 2.05) is 23.9 Å². The lowest BCUT2D eigenvalue weighted by molar-refractivity contribution is 0.270. The first-order chi connectivity index (χ1) is 9.67. The molecule has 0 fully saturated rings. The third-order valence-electron chi connectivity index (χ3n) is 2.90. The minimum Gasteiger partial charge on any atom is -0.482 e. The summed E-state index contributed by atoms with van der Waals surface area (Å²) in [6, 6.07) is 2.03. The molecular weight excluding hydrogens is 254 g/mol. The standard InChI is InChI=1S/C15H23N3O2/c1-4-18-9-15(8-17-18)20-11-14-5-13(10-19-14)7-16-6-12(2)3/h5,8-10,12,16H,4,6-7,11H2,1-3H3. The summed E-state index contributed by atoms with van der Waals surface area (Å²) < 4.78 is 12.9. The van der Waals surface area contributed by atoms with Crippen molar-refractivity contribution in [2.24, 2.45) is 5.92 Å². The van der Waals surface area contributed by atoms with Gasteiger partial charge in [-0.05, 0) is 25.5 Å². The Bertz CT molecular complexity index is 517. The maximum absolute atomic E-state index is 5.63. The van der Waals surface area contributed by atoms with Gasteiger partial charge in [0.05, 0.1) is 18.7 Å². The maximum Gasteiger partial charge on any atom is 0.157 e. The highest BCUT2D eigenvalue weighted by molar-refractivity contribution is 5.15. The number of ether oxygens (including phenoxy) is 1. The number of nitrogens with one attached hydrogen (secondary N) is 1. The number of furan rings is 1. The van der Waals surface area contributed by atoms with E-state index in [1.165, 1.54) is 0 Å². The first kappa shape index (κ1) is 14.7. The Balaban J connectivity index is 1.77. The molecule has 110 valence electrons. The molecule has 20 heavy (non-hydrogen) atoms. The van der Waals surface area contributed by atoms with E-state index in [0.29, 0.717) is 12.5 Å². The average Bonchev–Trinajstić information content (AvgIpc) is 3.04. The highest BCUT2D eigenvalue weighted by Crippen LogP contribution is 2.13. The zero-order valence-electron chi connectivity index (χ0n) is 12.4. The molecule has 1 N–H and O–H groups in total. The highest BCUT2D eigenvalue weighted by Gasteiger charge is 2.04. The lowest BCUT2D eigenvalue weighted by atomic mass is 10.2. The van der Waals surface area contributed by atoms with E-state index in [1.54, 1.807) is 12.5 Å². The summed E-state index contributed by atoms with van der Waals surface area (Å²) in [4.78, 5) is 0. The summed E-state index contributed by atoms with van der Waals surface area (Å²) in [6.45, 7) is 9.54. The minimum atomic E-state index is 0.430. The molecule has 2 aromatic heterocycles. The molecule has 2 aromatic rings. The summed E-state index contributed by atoms with van der Waals surface area (Å²) >= 11 is 0. The lowest BCUT2D eigenvalue weighted by Gasteiger charge is -2.04. The van der Waals surface area contributed by atoms with Crippen molar-refractivity contribution in [1.82, 2.24) is 15.1 Å². The van der Waals surface area contributed by atoms with Gasteiger partial charge in [0.1, 0.15) is 12.4 Å². The molecule has 0 amide bonds. The molecule has 2 rings (SSSR count). The molecule has 0 aliphatic carbocycles. The Morgan fingerprint density at radius 3 is 3.00 bits per heavy atom. The second-order valence-corrected chi connectivity index (χ2v) is 5.27. The fourth-order valence-corrected chi connectivity index (χ4v) is 1.85.